The van der Waals surface area contributed by atoms with Gasteiger partial charge in [0.15, 0.2) is 0 Å². The van der Waals surface area contributed by atoms with E-state index in [9.17, 15) is 9.90 Å². The lowest BCUT2D eigenvalue weighted by atomic mass is 10.2. The van der Waals surface area contributed by atoms with Gasteiger partial charge in [-0.1, -0.05) is 6.07 Å². The Hall–Kier alpha value is -2.56. The molecule has 0 saturated heterocycles. The second-order valence-electron chi connectivity index (χ2n) is 3.46. The fourth-order valence-corrected chi connectivity index (χ4v) is 1.44. The maximum atomic E-state index is 11.2. The molecular formula is C12H11N3O2. The van der Waals surface area contributed by atoms with Crippen molar-refractivity contribution in [3.8, 4) is 5.75 Å². The molecule has 0 unspecified atom stereocenters. The first-order valence-corrected chi connectivity index (χ1v) is 4.96. The third-order valence-electron chi connectivity index (χ3n) is 2.21. The molecule has 5 heteroatoms. The minimum atomic E-state index is -0.555. The van der Waals surface area contributed by atoms with Crippen LogP contribution >= 0.6 is 0 Å². The van der Waals surface area contributed by atoms with Crippen LogP contribution in [0.15, 0.2) is 42.7 Å². The van der Waals surface area contributed by atoms with E-state index in [0.29, 0.717) is 16.9 Å². The lowest BCUT2D eigenvalue weighted by Crippen LogP contribution is -2.13. The van der Waals surface area contributed by atoms with Gasteiger partial charge in [-0.05, 0) is 18.2 Å². The number of rotatable bonds is 3. The van der Waals surface area contributed by atoms with Crippen LogP contribution in [-0.4, -0.2) is 16.0 Å². The summed E-state index contributed by atoms with van der Waals surface area (Å²) in [6, 6.07) is 8.22. The average Bonchev–Trinajstić information content (AvgIpc) is 2.29. The molecule has 2 aromatic rings. The molecule has 0 bridgehead atoms. The summed E-state index contributed by atoms with van der Waals surface area (Å²) >= 11 is 0. The number of aromatic nitrogens is 1. The van der Waals surface area contributed by atoms with Gasteiger partial charge in [-0.3, -0.25) is 9.78 Å². The number of carbonyl (C=O) groups is 1. The minimum absolute atomic E-state index is 0.143. The van der Waals surface area contributed by atoms with Crippen molar-refractivity contribution in [1.82, 2.24) is 4.98 Å². The highest BCUT2D eigenvalue weighted by Crippen LogP contribution is 2.22. The summed E-state index contributed by atoms with van der Waals surface area (Å²) in [5.74, 6) is -0.412. The predicted octanol–water partition coefficient (Wildman–Crippen LogP) is 1.63. The maximum Gasteiger partial charge on any atom is 0.252 e. The van der Waals surface area contributed by atoms with Gasteiger partial charge in [-0.25, -0.2) is 0 Å². The normalized spacial score (nSPS) is 9.88. The molecule has 86 valence electrons. The Morgan fingerprint density at radius 2 is 2.18 bits per heavy atom. The van der Waals surface area contributed by atoms with Crippen molar-refractivity contribution in [2.24, 2.45) is 5.73 Å². The summed E-state index contributed by atoms with van der Waals surface area (Å²) in [7, 11) is 0. The van der Waals surface area contributed by atoms with Gasteiger partial charge in [0, 0.05) is 24.1 Å². The van der Waals surface area contributed by atoms with Crippen LogP contribution < -0.4 is 11.1 Å². The monoisotopic (exact) mass is 229 g/mol. The van der Waals surface area contributed by atoms with Crippen LogP contribution in [0.4, 0.5) is 11.4 Å². The molecule has 0 aliphatic rings. The molecule has 4 N–H and O–H groups in total. The number of pyridine rings is 1. The van der Waals surface area contributed by atoms with E-state index in [1.807, 2.05) is 0 Å². The quantitative estimate of drug-likeness (QED) is 0.746. The molecular weight excluding hydrogens is 218 g/mol. The summed E-state index contributed by atoms with van der Waals surface area (Å²) in [5, 5.41) is 12.3. The van der Waals surface area contributed by atoms with Crippen LogP contribution in [0.1, 0.15) is 10.4 Å². The zero-order valence-electron chi connectivity index (χ0n) is 8.92. The van der Waals surface area contributed by atoms with Crippen molar-refractivity contribution < 1.29 is 9.90 Å². The zero-order chi connectivity index (χ0) is 12.3. The number of primary amides is 1. The summed E-state index contributed by atoms with van der Waals surface area (Å²) in [6.45, 7) is 0. The Morgan fingerprint density at radius 3 is 2.88 bits per heavy atom. The molecule has 5 nitrogen and oxygen atoms in total. The number of phenols is 1. The Balaban J connectivity index is 2.33. The number of phenolic OH excluding ortho intramolecular Hbond substituents is 1. The first-order valence-electron chi connectivity index (χ1n) is 4.96. The number of anilines is 2. The third-order valence-corrected chi connectivity index (χ3v) is 2.21. The number of carbonyl (C=O) groups excluding carboxylic acids is 1. The van der Waals surface area contributed by atoms with E-state index in [1.54, 1.807) is 36.5 Å². The van der Waals surface area contributed by atoms with E-state index >= 15 is 0 Å². The van der Waals surface area contributed by atoms with Crippen molar-refractivity contribution in [3.05, 3.63) is 48.3 Å². The molecule has 1 amide bonds. The van der Waals surface area contributed by atoms with E-state index in [4.69, 9.17) is 5.73 Å². The van der Waals surface area contributed by atoms with Gasteiger partial charge >= 0.3 is 0 Å². The summed E-state index contributed by atoms with van der Waals surface area (Å²) < 4.78 is 0. The largest absolute Gasteiger partial charge is 0.508 e. The van der Waals surface area contributed by atoms with E-state index in [-0.39, 0.29) is 5.75 Å². The molecule has 0 aliphatic heterocycles. The number of hydrogen-bond acceptors (Lipinski definition) is 4. The molecule has 0 aliphatic carbocycles. The van der Waals surface area contributed by atoms with Crippen LogP contribution in [-0.2, 0) is 0 Å². The Labute approximate surface area is 97.9 Å². The lowest BCUT2D eigenvalue weighted by molar-refractivity contribution is 0.100. The molecule has 0 saturated carbocycles. The molecule has 0 fully saturated rings. The number of amides is 1. The standard InChI is InChI=1S/C12H11N3O2/c13-12(17)10-7-14-5-4-11(10)15-8-2-1-3-9(16)6-8/h1-7,16H,(H2,13,17)(H,14,15). The highest BCUT2D eigenvalue weighted by molar-refractivity contribution is 5.98. The van der Waals surface area contributed by atoms with Gasteiger partial charge in [-0.2, -0.15) is 0 Å². The van der Waals surface area contributed by atoms with Gasteiger partial charge in [0.2, 0.25) is 0 Å². The van der Waals surface area contributed by atoms with Crippen molar-refractivity contribution >= 4 is 17.3 Å². The molecule has 1 aromatic heterocycles. The van der Waals surface area contributed by atoms with Crippen LogP contribution in [0.2, 0.25) is 0 Å². The number of nitrogens with zero attached hydrogens (tertiary/aromatic N) is 1. The zero-order valence-corrected chi connectivity index (χ0v) is 8.92. The molecule has 0 radical (unpaired) electrons. The van der Waals surface area contributed by atoms with Crippen molar-refractivity contribution in [2.45, 2.75) is 0 Å². The minimum Gasteiger partial charge on any atom is -0.508 e. The second kappa shape index (κ2) is 4.52. The van der Waals surface area contributed by atoms with Crippen LogP contribution in [0.5, 0.6) is 5.75 Å². The average molecular weight is 229 g/mol. The number of aromatic hydroxyl groups is 1. The van der Waals surface area contributed by atoms with Crippen molar-refractivity contribution in [2.75, 3.05) is 5.32 Å². The summed E-state index contributed by atoms with van der Waals surface area (Å²) in [4.78, 5) is 15.0. The third kappa shape index (κ3) is 2.52. The molecule has 0 spiro atoms. The van der Waals surface area contributed by atoms with Gasteiger partial charge in [0.05, 0.1) is 11.3 Å². The van der Waals surface area contributed by atoms with Crippen LogP contribution in [0.3, 0.4) is 0 Å². The van der Waals surface area contributed by atoms with Crippen molar-refractivity contribution in [3.63, 3.8) is 0 Å². The van der Waals surface area contributed by atoms with Gasteiger partial charge in [-0.15, -0.1) is 0 Å². The molecule has 1 aromatic carbocycles. The Bertz CT molecular complexity index is 555. The fourth-order valence-electron chi connectivity index (χ4n) is 1.44. The summed E-state index contributed by atoms with van der Waals surface area (Å²) in [5.41, 5.74) is 6.75. The second-order valence-corrected chi connectivity index (χ2v) is 3.46. The number of benzene rings is 1. The Morgan fingerprint density at radius 1 is 1.35 bits per heavy atom. The van der Waals surface area contributed by atoms with Crippen LogP contribution in [0, 0.1) is 0 Å². The highest BCUT2D eigenvalue weighted by Gasteiger charge is 2.07. The maximum absolute atomic E-state index is 11.2. The SMILES string of the molecule is NC(=O)c1cnccc1Nc1cccc(O)c1. The number of hydrogen-bond donors (Lipinski definition) is 3. The number of nitrogens with one attached hydrogen (secondary N) is 1. The van der Waals surface area contributed by atoms with E-state index in [1.165, 1.54) is 6.20 Å². The van der Waals surface area contributed by atoms with Crippen molar-refractivity contribution in [1.29, 1.82) is 0 Å². The fraction of sp³-hybridized carbons (Fsp3) is 0. The predicted molar refractivity (Wildman–Crippen MR) is 64.1 cm³/mol. The van der Waals surface area contributed by atoms with E-state index in [0.717, 1.165) is 0 Å². The van der Waals surface area contributed by atoms with Gasteiger partial charge in [0.1, 0.15) is 5.75 Å². The molecule has 0 atom stereocenters. The first kappa shape index (κ1) is 10.9. The van der Waals surface area contributed by atoms with Gasteiger partial charge < -0.3 is 16.2 Å². The van der Waals surface area contributed by atoms with Crippen LogP contribution in [0.25, 0.3) is 0 Å². The van der Waals surface area contributed by atoms with E-state index < -0.39 is 5.91 Å². The molecule has 1 heterocycles. The number of nitrogens with two attached hydrogens (primary N) is 1. The molecule has 2 rings (SSSR count). The summed E-state index contributed by atoms with van der Waals surface area (Å²) in [6.07, 6.45) is 2.95. The molecule has 17 heavy (non-hydrogen) atoms. The topological polar surface area (TPSA) is 88.2 Å². The van der Waals surface area contributed by atoms with E-state index in [2.05, 4.69) is 10.3 Å². The first-order chi connectivity index (χ1) is 8.16. The smallest absolute Gasteiger partial charge is 0.252 e. The highest BCUT2D eigenvalue weighted by atomic mass is 16.3. The lowest BCUT2D eigenvalue weighted by Gasteiger charge is -2.09. The van der Waals surface area contributed by atoms with Gasteiger partial charge in [0.25, 0.3) is 5.91 Å². The Kier molecular flexibility index (Phi) is 2.91.